The van der Waals surface area contributed by atoms with Crippen molar-refractivity contribution < 1.29 is 9.18 Å². The number of hydrogen-bond acceptors (Lipinski definition) is 2. The third kappa shape index (κ3) is 2.68. The first kappa shape index (κ1) is 15.5. The standard InChI is InChI=1S/C19H13BrFNOS/c20-16-7-2-1-6-13(16)14-9-17(23)22-18-15(10-24-19(14)18)11-4-3-5-12(21)8-11/h1-8,10,14H,9H2,(H,22,23)/t14-/m0/s1. The van der Waals surface area contributed by atoms with Gasteiger partial charge < -0.3 is 5.32 Å². The third-order valence-electron chi connectivity index (χ3n) is 4.21. The average molecular weight is 402 g/mol. The van der Waals surface area contributed by atoms with Crippen LogP contribution in [0.4, 0.5) is 10.1 Å². The first-order chi connectivity index (χ1) is 11.6. The molecule has 5 heteroatoms. The zero-order valence-corrected chi connectivity index (χ0v) is 15.0. The van der Waals surface area contributed by atoms with Gasteiger partial charge in [0.2, 0.25) is 5.91 Å². The quantitative estimate of drug-likeness (QED) is 0.578. The van der Waals surface area contributed by atoms with Gasteiger partial charge in [-0.2, -0.15) is 0 Å². The van der Waals surface area contributed by atoms with Crippen LogP contribution in [0.3, 0.4) is 0 Å². The molecule has 1 aliphatic heterocycles. The number of hydrogen-bond donors (Lipinski definition) is 1. The van der Waals surface area contributed by atoms with Gasteiger partial charge in [-0.15, -0.1) is 11.3 Å². The van der Waals surface area contributed by atoms with Gasteiger partial charge in [0, 0.05) is 32.6 Å². The van der Waals surface area contributed by atoms with Crippen LogP contribution in [0.1, 0.15) is 22.8 Å². The second-order valence-electron chi connectivity index (χ2n) is 5.73. The van der Waals surface area contributed by atoms with Crippen molar-refractivity contribution in [2.45, 2.75) is 12.3 Å². The van der Waals surface area contributed by atoms with E-state index in [9.17, 15) is 9.18 Å². The number of amides is 1. The van der Waals surface area contributed by atoms with Crippen LogP contribution in [-0.4, -0.2) is 5.91 Å². The van der Waals surface area contributed by atoms with Gasteiger partial charge in [-0.3, -0.25) is 4.79 Å². The molecule has 24 heavy (non-hydrogen) atoms. The van der Waals surface area contributed by atoms with E-state index >= 15 is 0 Å². The molecule has 0 fully saturated rings. The van der Waals surface area contributed by atoms with Crippen LogP contribution in [0.2, 0.25) is 0 Å². The lowest BCUT2D eigenvalue weighted by molar-refractivity contribution is -0.116. The molecule has 2 nitrogen and oxygen atoms in total. The minimum atomic E-state index is -0.281. The van der Waals surface area contributed by atoms with Gasteiger partial charge >= 0.3 is 0 Å². The number of rotatable bonds is 2. The lowest BCUT2D eigenvalue weighted by Gasteiger charge is -2.24. The zero-order valence-electron chi connectivity index (χ0n) is 12.6. The largest absolute Gasteiger partial charge is 0.325 e. The summed E-state index contributed by atoms with van der Waals surface area (Å²) in [5.74, 6) is -0.284. The van der Waals surface area contributed by atoms with E-state index in [0.717, 1.165) is 31.7 Å². The minimum Gasteiger partial charge on any atom is -0.325 e. The molecule has 1 aromatic heterocycles. The van der Waals surface area contributed by atoms with Crippen molar-refractivity contribution >= 4 is 38.9 Å². The lowest BCUT2D eigenvalue weighted by Crippen LogP contribution is -2.22. The molecule has 0 radical (unpaired) electrons. The van der Waals surface area contributed by atoms with E-state index < -0.39 is 0 Å². The second kappa shape index (κ2) is 6.15. The van der Waals surface area contributed by atoms with E-state index in [1.165, 1.54) is 12.1 Å². The molecule has 0 spiro atoms. The molecule has 4 rings (SSSR count). The number of benzene rings is 2. The molecule has 1 atom stereocenters. The Hall–Kier alpha value is -1.98. The third-order valence-corrected chi connectivity index (χ3v) is 6.02. The van der Waals surface area contributed by atoms with E-state index in [-0.39, 0.29) is 17.6 Å². The molecular weight excluding hydrogens is 389 g/mol. The Labute approximate surface area is 151 Å². The summed E-state index contributed by atoms with van der Waals surface area (Å²) in [5.41, 5.74) is 3.56. The van der Waals surface area contributed by atoms with Crippen molar-refractivity contribution in [1.82, 2.24) is 0 Å². The Balaban J connectivity index is 1.85. The zero-order chi connectivity index (χ0) is 16.7. The number of carbonyl (C=O) groups excluding carboxylic acids is 1. The smallest absolute Gasteiger partial charge is 0.225 e. The van der Waals surface area contributed by atoms with Crippen LogP contribution in [-0.2, 0) is 4.79 Å². The summed E-state index contributed by atoms with van der Waals surface area (Å²) in [4.78, 5) is 13.4. The summed E-state index contributed by atoms with van der Waals surface area (Å²) in [5, 5.41) is 4.97. The SMILES string of the molecule is O=C1C[C@@H](c2ccccc2Br)c2scc(-c3cccc(F)c3)c2N1. The fourth-order valence-electron chi connectivity index (χ4n) is 3.10. The Morgan fingerprint density at radius 2 is 2.00 bits per heavy atom. The van der Waals surface area contributed by atoms with Gasteiger partial charge in [-0.1, -0.05) is 46.3 Å². The van der Waals surface area contributed by atoms with Gasteiger partial charge in [-0.25, -0.2) is 4.39 Å². The van der Waals surface area contributed by atoms with Crippen LogP contribution in [0.5, 0.6) is 0 Å². The number of anilines is 1. The van der Waals surface area contributed by atoms with Gasteiger partial charge in [-0.05, 0) is 29.3 Å². The van der Waals surface area contributed by atoms with Crippen LogP contribution < -0.4 is 5.32 Å². The average Bonchev–Trinajstić information content (AvgIpc) is 2.98. The second-order valence-corrected chi connectivity index (χ2v) is 7.49. The van der Waals surface area contributed by atoms with E-state index in [1.807, 2.05) is 35.7 Å². The van der Waals surface area contributed by atoms with Gasteiger partial charge in [0.25, 0.3) is 0 Å². The Bertz CT molecular complexity index is 937. The first-order valence-electron chi connectivity index (χ1n) is 7.55. The maximum absolute atomic E-state index is 13.6. The van der Waals surface area contributed by atoms with Crippen LogP contribution in [0.25, 0.3) is 11.1 Å². The highest BCUT2D eigenvalue weighted by Crippen LogP contribution is 2.47. The molecule has 0 bridgehead atoms. The van der Waals surface area contributed by atoms with Crippen LogP contribution in [0.15, 0.2) is 58.4 Å². The summed E-state index contributed by atoms with van der Waals surface area (Å²) in [7, 11) is 0. The highest BCUT2D eigenvalue weighted by molar-refractivity contribution is 9.10. The van der Waals surface area contributed by atoms with E-state index in [2.05, 4.69) is 21.2 Å². The minimum absolute atomic E-state index is 0.0108. The van der Waals surface area contributed by atoms with Crippen molar-refractivity contribution in [2.24, 2.45) is 0 Å². The van der Waals surface area contributed by atoms with E-state index in [0.29, 0.717) is 6.42 Å². The van der Waals surface area contributed by atoms with Gasteiger partial charge in [0.15, 0.2) is 0 Å². The molecule has 3 aromatic rings. The fraction of sp³-hybridized carbons (Fsp3) is 0.105. The van der Waals surface area contributed by atoms with Gasteiger partial charge in [0.1, 0.15) is 5.82 Å². The number of nitrogens with one attached hydrogen (secondary N) is 1. The highest BCUT2D eigenvalue weighted by Gasteiger charge is 2.31. The summed E-state index contributed by atoms with van der Waals surface area (Å²) in [6, 6.07) is 14.4. The predicted molar refractivity (Wildman–Crippen MR) is 98.9 cm³/mol. The normalized spacial score (nSPS) is 16.6. The number of halogens is 2. The molecule has 1 N–H and O–H groups in total. The molecule has 2 aromatic carbocycles. The van der Waals surface area contributed by atoms with Crippen LogP contribution >= 0.6 is 27.3 Å². The van der Waals surface area contributed by atoms with Gasteiger partial charge in [0.05, 0.1) is 5.69 Å². The van der Waals surface area contributed by atoms with E-state index in [4.69, 9.17) is 0 Å². The molecule has 0 saturated heterocycles. The van der Waals surface area contributed by atoms with Crippen molar-refractivity contribution in [3.63, 3.8) is 0 Å². The monoisotopic (exact) mass is 401 g/mol. The van der Waals surface area contributed by atoms with Crippen molar-refractivity contribution in [1.29, 1.82) is 0 Å². The molecule has 1 amide bonds. The number of thiophene rings is 1. The van der Waals surface area contributed by atoms with Crippen molar-refractivity contribution in [3.05, 3.63) is 74.6 Å². The summed E-state index contributed by atoms with van der Waals surface area (Å²) in [6.45, 7) is 0. The number of fused-ring (bicyclic) bond motifs is 1. The first-order valence-corrected chi connectivity index (χ1v) is 9.22. The molecule has 0 saturated carbocycles. The maximum atomic E-state index is 13.6. The molecule has 0 unspecified atom stereocenters. The maximum Gasteiger partial charge on any atom is 0.225 e. The predicted octanol–water partition coefficient (Wildman–Crippen LogP) is 5.79. The lowest BCUT2D eigenvalue weighted by atomic mass is 9.89. The molecular formula is C19H13BrFNOS. The molecule has 2 heterocycles. The van der Waals surface area contributed by atoms with E-state index in [1.54, 1.807) is 17.4 Å². The Morgan fingerprint density at radius 1 is 1.17 bits per heavy atom. The number of carbonyl (C=O) groups is 1. The van der Waals surface area contributed by atoms with Crippen molar-refractivity contribution in [2.75, 3.05) is 5.32 Å². The summed E-state index contributed by atoms with van der Waals surface area (Å²) in [6.07, 6.45) is 0.415. The Morgan fingerprint density at radius 3 is 2.79 bits per heavy atom. The topological polar surface area (TPSA) is 29.1 Å². The molecule has 120 valence electrons. The summed E-state index contributed by atoms with van der Waals surface area (Å²) >= 11 is 5.20. The highest BCUT2D eigenvalue weighted by atomic mass is 79.9. The Kier molecular flexibility index (Phi) is 3.98. The van der Waals surface area contributed by atoms with Crippen molar-refractivity contribution in [3.8, 4) is 11.1 Å². The fourth-order valence-corrected chi connectivity index (χ4v) is 4.82. The summed E-state index contributed by atoms with van der Waals surface area (Å²) < 4.78 is 14.6. The molecule has 0 aliphatic carbocycles. The van der Waals surface area contributed by atoms with Crippen LogP contribution in [0, 0.1) is 5.82 Å². The molecule has 1 aliphatic rings.